The van der Waals surface area contributed by atoms with E-state index in [1.807, 2.05) is 12.4 Å². The minimum Gasteiger partial charge on any atom is -0.391 e. The third-order valence-corrected chi connectivity index (χ3v) is 1.44. The minimum atomic E-state index is 1.07. The van der Waals surface area contributed by atoms with Crippen molar-refractivity contribution in [3.8, 4) is 0 Å². The van der Waals surface area contributed by atoms with Crippen LogP contribution in [0.25, 0.3) is 0 Å². The van der Waals surface area contributed by atoms with Crippen LogP contribution < -0.4 is 5.32 Å². The van der Waals surface area contributed by atoms with Crippen molar-refractivity contribution in [2.24, 2.45) is 4.99 Å². The molecule has 0 amide bonds. The van der Waals surface area contributed by atoms with Crippen LogP contribution in [-0.2, 0) is 0 Å². The summed E-state index contributed by atoms with van der Waals surface area (Å²) in [7, 11) is 0. The highest BCUT2D eigenvalue weighted by Gasteiger charge is 1.85. The van der Waals surface area contributed by atoms with Crippen molar-refractivity contribution in [2.75, 3.05) is 13.1 Å². The molecule has 0 aromatic heterocycles. The lowest BCUT2D eigenvalue weighted by atomic mass is 10.4. The van der Waals surface area contributed by atoms with Crippen LogP contribution in [0.1, 0.15) is 19.3 Å². The number of aliphatic imine (C=N–C) groups is 1. The van der Waals surface area contributed by atoms with Gasteiger partial charge in [0.1, 0.15) is 0 Å². The Kier molecular flexibility index (Phi) is 3.68. The molecule has 0 aliphatic carbocycles. The molecule has 0 fully saturated rings. The molecule has 2 aliphatic rings. The van der Waals surface area contributed by atoms with Crippen molar-refractivity contribution in [1.29, 1.82) is 0 Å². The lowest BCUT2D eigenvalue weighted by Gasteiger charge is -1.78. The van der Waals surface area contributed by atoms with E-state index in [1.54, 1.807) is 0 Å². The van der Waals surface area contributed by atoms with Gasteiger partial charge < -0.3 is 5.32 Å². The van der Waals surface area contributed by atoms with Gasteiger partial charge in [0.05, 0.1) is 0 Å². The smallest absolute Gasteiger partial charge is 0.0388 e. The van der Waals surface area contributed by atoms with Gasteiger partial charge in [0.2, 0.25) is 0 Å². The first-order valence-corrected chi connectivity index (χ1v) is 3.87. The summed E-state index contributed by atoms with van der Waals surface area (Å²) in [6.07, 6.45) is 9.79. The molecule has 0 saturated carbocycles. The fourth-order valence-corrected chi connectivity index (χ4v) is 0.873. The Morgan fingerprint density at radius 3 is 2.50 bits per heavy atom. The second-order valence-corrected chi connectivity index (χ2v) is 2.38. The van der Waals surface area contributed by atoms with Crippen molar-refractivity contribution in [2.45, 2.75) is 19.3 Å². The first-order valence-electron chi connectivity index (χ1n) is 3.87. The fraction of sp³-hybridized carbons (Fsp3) is 0.625. The molecule has 56 valence electrons. The van der Waals surface area contributed by atoms with Gasteiger partial charge >= 0.3 is 0 Å². The maximum atomic E-state index is 3.96. The number of rotatable bonds is 0. The number of nitrogens with zero attached hydrogens (tertiary/aromatic N) is 1. The molecule has 1 N–H and O–H groups in total. The maximum Gasteiger partial charge on any atom is 0.0388 e. The molecule has 0 aromatic rings. The SMILES string of the molecule is C1=CNCC1.C1=NCCC1. The van der Waals surface area contributed by atoms with E-state index in [-0.39, 0.29) is 0 Å². The van der Waals surface area contributed by atoms with Gasteiger partial charge in [0.15, 0.2) is 0 Å². The normalized spacial score (nSPS) is 20.0. The molecule has 10 heavy (non-hydrogen) atoms. The molecule has 0 radical (unpaired) electrons. The summed E-state index contributed by atoms with van der Waals surface area (Å²) in [5.41, 5.74) is 0. The summed E-state index contributed by atoms with van der Waals surface area (Å²) in [5, 5.41) is 3.04. The zero-order valence-electron chi connectivity index (χ0n) is 6.21. The Morgan fingerprint density at radius 2 is 2.30 bits per heavy atom. The predicted molar refractivity (Wildman–Crippen MR) is 44.4 cm³/mol. The molecular formula is C8H14N2. The number of hydrogen-bond acceptors (Lipinski definition) is 2. The van der Waals surface area contributed by atoms with Crippen molar-refractivity contribution < 1.29 is 0 Å². The molecule has 2 heteroatoms. The van der Waals surface area contributed by atoms with Crippen LogP contribution in [0.15, 0.2) is 17.3 Å². The number of hydrogen-bond donors (Lipinski definition) is 1. The fourth-order valence-electron chi connectivity index (χ4n) is 0.873. The Labute approximate surface area is 62.0 Å². The van der Waals surface area contributed by atoms with Crippen LogP contribution in [0.2, 0.25) is 0 Å². The Bertz CT molecular complexity index is 99.2. The third-order valence-electron chi connectivity index (χ3n) is 1.44. The van der Waals surface area contributed by atoms with Crippen molar-refractivity contribution in [3.63, 3.8) is 0 Å². The van der Waals surface area contributed by atoms with E-state index < -0.39 is 0 Å². The van der Waals surface area contributed by atoms with Gasteiger partial charge in [-0.1, -0.05) is 6.08 Å². The summed E-state index contributed by atoms with van der Waals surface area (Å²) >= 11 is 0. The van der Waals surface area contributed by atoms with Gasteiger partial charge in [-0.3, -0.25) is 4.99 Å². The average Bonchev–Trinajstić information content (AvgIpc) is 2.67. The zero-order chi connectivity index (χ0) is 7.07. The second kappa shape index (κ2) is 5.03. The van der Waals surface area contributed by atoms with Crippen LogP contribution in [0.3, 0.4) is 0 Å². The highest BCUT2D eigenvalue weighted by Crippen LogP contribution is 1.92. The summed E-state index contributed by atoms with van der Waals surface area (Å²) in [4.78, 5) is 3.96. The third kappa shape index (κ3) is 3.28. The van der Waals surface area contributed by atoms with E-state index in [4.69, 9.17) is 0 Å². The van der Waals surface area contributed by atoms with Crippen LogP contribution >= 0.6 is 0 Å². The summed E-state index contributed by atoms with van der Waals surface area (Å²) in [6, 6.07) is 0. The average molecular weight is 138 g/mol. The lowest BCUT2D eigenvalue weighted by molar-refractivity contribution is 0.917. The zero-order valence-corrected chi connectivity index (χ0v) is 6.21. The van der Waals surface area contributed by atoms with Gasteiger partial charge in [-0.15, -0.1) is 0 Å². The first-order chi connectivity index (χ1) is 5.00. The van der Waals surface area contributed by atoms with E-state index in [9.17, 15) is 0 Å². The molecule has 0 atom stereocenters. The summed E-state index contributed by atoms with van der Waals surface area (Å²) < 4.78 is 0. The van der Waals surface area contributed by atoms with Crippen LogP contribution in [0.5, 0.6) is 0 Å². The Balaban J connectivity index is 0.0000001000. The molecule has 2 heterocycles. The molecule has 0 unspecified atom stereocenters. The predicted octanol–water partition coefficient (Wildman–Crippen LogP) is 1.34. The van der Waals surface area contributed by atoms with E-state index in [2.05, 4.69) is 16.4 Å². The van der Waals surface area contributed by atoms with E-state index in [1.165, 1.54) is 19.3 Å². The van der Waals surface area contributed by atoms with Crippen molar-refractivity contribution in [3.05, 3.63) is 12.3 Å². The molecule has 0 bridgehead atoms. The van der Waals surface area contributed by atoms with Gasteiger partial charge in [-0.2, -0.15) is 0 Å². The molecule has 0 aromatic carbocycles. The van der Waals surface area contributed by atoms with E-state index in [0.29, 0.717) is 0 Å². The topological polar surface area (TPSA) is 24.4 Å². The maximum absolute atomic E-state index is 3.96. The van der Waals surface area contributed by atoms with Crippen LogP contribution in [0, 0.1) is 0 Å². The molecule has 2 nitrogen and oxygen atoms in total. The molecule has 0 spiro atoms. The van der Waals surface area contributed by atoms with Gasteiger partial charge in [-0.25, -0.2) is 0 Å². The molecule has 2 rings (SSSR count). The Hall–Kier alpha value is -0.790. The summed E-state index contributed by atoms with van der Waals surface area (Å²) in [5.74, 6) is 0. The first kappa shape index (κ1) is 7.32. The van der Waals surface area contributed by atoms with Crippen molar-refractivity contribution >= 4 is 6.21 Å². The molecule has 2 aliphatic heterocycles. The van der Waals surface area contributed by atoms with Gasteiger partial charge in [-0.05, 0) is 31.7 Å². The highest BCUT2D eigenvalue weighted by atomic mass is 14.8. The van der Waals surface area contributed by atoms with Crippen LogP contribution in [0.4, 0.5) is 0 Å². The number of nitrogens with one attached hydrogen (secondary N) is 1. The van der Waals surface area contributed by atoms with E-state index in [0.717, 1.165) is 13.1 Å². The monoisotopic (exact) mass is 138 g/mol. The lowest BCUT2D eigenvalue weighted by Crippen LogP contribution is -1.96. The highest BCUT2D eigenvalue weighted by molar-refractivity contribution is 5.58. The van der Waals surface area contributed by atoms with Gasteiger partial charge in [0, 0.05) is 13.1 Å². The molecular weight excluding hydrogens is 124 g/mol. The standard InChI is InChI=1S/2C4H7N/c2*1-2-4-5-3-1/h3H,1-2,4H2;1,3,5H,2,4H2. The second-order valence-electron chi connectivity index (χ2n) is 2.38. The molecule has 0 saturated heterocycles. The van der Waals surface area contributed by atoms with E-state index >= 15 is 0 Å². The van der Waals surface area contributed by atoms with Crippen LogP contribution in [-0.4, -0.2) is 19.3 Å². The summed E-state index contributed by atoms with van der Waals surface area (Å²) in [6.45, 7) is 2.21. The largest absolute Gasteiger partial charge is 0.391 e. The van der Waals surface area contributed by atoms with Gasteiger partial charge in [0.25, 0.3) is 0 Å². The van der Waals surface area contributed by atoms with Crippen molar-refractivity contribution in [1.82, 2.24) is 5.32 Å². The quantitative estimate of drug-likeness (QED) is 0.536. The Morgan fingerprint density at radius 1 is 1.30 bits per heavy atom. The minimum absolute atomic E-state index is 1.07.